The third kappa shape index (κ3) is 8.17. The number of nitrogens with one attached hydrogen (secondary N) is 1. The van der Waals surface area contributed by atoms with E-state index in [2.05, 4.69) is 36.7 Å². The first-order valence-electron chi connectivity index (χ1n) is 15.7. The second-order valence-corrected chi connectivity index (χ2v) is 13.0. The van der Waals surface area contributed by atoms with Gasteiger partial charge in [-0.3, -0.25) is 14.4 Å². The summed E-state index contributed by atoms with van der Waals surface area (Å²) in [5.74, 6) is -0.488. The van der Waals surface area contributed by atoms with Crippen LogP contribution in [-0.2, 0) is 36.9 Å². The van der Waals surface area contributed by atoms with E-state index in [9.17, 15) is 9.59 Å². The molecule has 1 atom stereocenters. The zero-order chi connectivity index (χ0) is 31.9. The molecule has 1 heterocycles. The lowest BCUT2D eigenvalue weighted by atomic mass is 9.79. The molecule has 0 radical (unpaired) electrons. The molecule has 1 unspecified atom stereocenters. The van der Waals surface area contributed by atoms with E-state index < -0.39 is 24.4 Å². The van der Waals surface area contributed by atoms with Crippen LogP contribution in [0, 0.1) is 5.92 Å². The molecule has 44 heavy (non-hydrogen) atoms. The molecular formula is C36H47BN2O5. The van der Waals surface area contributed by atoms with Crippen LogP contribution >= 0.6 is 0 Å². The summed E-state index contributed by atoms with van der Waals surface area (Å²) < 4.78 is 12.3. The number of hydrogen-bond acceptors (Lipinski definition) is 5. The maximum Gasteiger partial charge on any atom is 0.494 e. The summed E-state index contributed by atoms with van der Waals surface area (Å²) in [7, 11) is -0.438. The van der Waals surface area contributed by atoms with Crippen LogP contribution in [-0.4, -0.2) is 41.1 Å². The third-order valence-corrected chi connectivity index (χ3v) is 8.63. The van der Waals surface area contributed by atoms with Gasteiger partial charge in [-0.05, 0) is 67.8 Å². The van der Waals surface area contributed by atoms with E-state index in [0.29, 0.717) is 13.0 Å². The predicted molar refractivity (Wildman–Crippen MR) is 176 cm³/mol. The summed E-state index contributed by atoms with van der Waals surface area (Å²) in [5.41, 5.74) is 6.83. The first kappa shape index (κ1) is 33.4. The normalized spacial score (nSPS) is 16.1. The SMILES string of the molecule is CCCCC(=O)N(Cc1ccc(-c2ccccc2)cc1)C(C(=O)NOCc1ccc(B2OC(C)(C)C(C)(C)O2)cc1)C(C)C. The van der Waals surface area contributed by atoms with Gasteiger partial charge in [-0.2, -0.15) is 0 Å². The minimum Gasteiger partial charge on any atom is -0.399 e. The van der Waals surface area contributed by atoms with Crippen LogP contribution in [0.25, 0.3) is 11.1 Å². The van der Waals surface area contributed by atoms with Crippen molar-refractivity contribution in [1.29, 1.82) is 0 Å². The molecule has 4 rings (SSSR count). The second-order valence-electron chi connectivity index (χ2n) is 13.0. The van der Waals surface area contributed by atoms with Gasteiger partial charge in [-0.15, -0.1) is 0 Å². The van der Waals surface area contributed by atoms with Crippen molar-refractivity contribution in [2.24, 2.45) is 5.92 Å². The Labute approximate surface area is 263 Å². The van der Waals surface area contributed by atoms with Crippen LogP contribution in [0.2, 0.25) is 0 Å². The molecule has 8 heteroatoms. The predicted octanol–water partition coefficient (Wildman–Crippen LogP) is 6.44. The number of carbonyl (C=O) groups is 2. The van der Waals surface area contributed by atoms with E-state index in [1.807, 2.05) is 96.1 Å². The molecule has 0 bridgehead atoms. The standard InChI is InChI=1S/C36H47BN2O5/c1-8-9-15-32(40)39(24-27-16-20-30(21-17-27)29-13-11-10-12-14-29)33(26(2)3)34(41)38-42-25-28-18-22-31(23-19-28)37-43-35(4,5)36(6,7)44-37/h10-14,16-23,26,33H,8-9,15,24-25H2,1-7H3,(H,38,41). The molecule has 0 saturated carbocycles. The Morgan fingerprint density at radius 1 is 0.841 bits per heavy atom. The highest BCUT2D eigenvalue weighted by atomic mass is 16.7. The molecule has 3 aromatic rings. The fraction of sp³-hybridized carbons (Fsp3) is 0.444. The molecule has 0 spiro atoms. The van der Waals surface area contributed by atoms with Gasteiger partial charge >= 0.3 is 7.12 Å². The Hall–Kier alpha value is -3.46. The van der Waals surface area contributed by atoms with E-state index in [0.717, 1.165) is 40.6 Å². The monoisotopic (exact) mass is 598 g/mol. The smallest absolute Gasteiger partial charge is 0.399 e. The van der Waals surface area contributed by atoms with Crippen molar-refractivity contribution in [2.75, 3.05) is 0 Å². The highest BCUT2D eigenvalue weighted by Gasteiger charge is 2.51. The highest BCUT2D eigenvalue weighted by molar-refractivity contribution is 6.62. The number of hydrogen-bond donors (Lipinski definition) is 1. The van der Waals surface area contributed by atoms with Crippen molar-refractivity contribution >= 4 is 24.4 Å². The highest BCUT2D eigenvalue weighted by Crippen LogP contribution is 2.36. The third-order valence-electron chi connectivity index (χ3n) is 8.63. The molecule has 0 aromatic heterocycles. The number of rotatable bonds is 13. The van der Waals surface area contributed by atoms with Crippen LogP contribution in [0.1, 0.15) is 78.9 Å². The van der Waals surface area contributed by atoms with Gasteiger partial charge in [0.25, 0.3) is 5.91 Å². The Morgan fingerprint density at radius 2 is 1.41 bits per heavy atom. The van der Waals surface area contributed by atoms with Gasteiger partial charge in [0, 0.05) is 13.0 Å². The average molecular weight is 599 g/mol. The molecular weight excluding hydrogens is 551 g/mol. The number of nitrogens with zero attached hydrogens (tertiary/aromatic N) is 1. The number of unbranched alkanes of at least 4 members (excludes halogenated alkanes) is 1. The van der Waals surface area contributed by atoms with Gasteiger partial charge in [0.2, 0.25) is 5.91 Å². The maximum absolute atomic E-state index is 13.5. The molecule has 1 aliphatic rings. The summed E-state index contributed by atoms with van der Waals surface area (Å²) >= 11 is 0. The number of carbonyl (C=O) groups excluding carboxylic acids is 2. The van der Waals surface area contributed by atoms with Crippen molar-refractivity contribution < 1.29 is 23.7 Å². The first-order valence-corrected chi connectivity index (χ1v) is 15.7. The molecule has 2 amide bonds. The summed E-state index contributed by atoms with van der Waals surface area (Å²) in [4.78, 5) is 34.3. The molecule has 1 aliphatic heterocycles. The Bertz CT molecular complexity index is 1360. The van der Waals surface area contributed by atoms with Crippen molar-refractivity contribution in [3.8, 4) is 11.1 Å². The number of hydroxylamine groups is 1. The molecule has 234 valence electrons. The lowest BCUT2D eigenvalue weighted by molar-refractivity contribution is -0.150. The Morgan fingerprint density at radius 3 is 1.98 bits per heavy atom. The van der Waals surface area contributed by atoms with Gasteiger partial charge in [-0.25, -0.2) is 5.48 Å². The lowest BCUT2D eigenvalue weighted by Gasteiger charge is -2.33. The molecule has 1 fully saturated rings. The maximum atomic E-state index is 13.5. The Kier molecular flexibility index (Phi) is 11.1. The van der Waals surface area contributed by atoms with Crippen LogP contribution < -0.4 is 10.9 Å². The summed E-state index contributed by atoms with van der Waals surface area (Å²) in [6.07, 6.45) is 2.07. The zero-order valence-corrected chi connectivity index (χ0v) is 27.3. The minimum atomic E-state index is -0.682. The minimum absolute atomic E-state index is 0.0360. The van der Waals surface area contributed by atoms with Crippen molar-refractivity contribution in [2.45, 2.75) is 98.1 Å². The second kappa shape index (κ2) is 14.6. The van der Waals surface area contributed by atoms with Crippen LogP contribution in [0.15, 0.2) is 78.9 Å². The fourth-order valence-electron chi connectivity index (χ4n) is 5.25. The summed E-state index contributed by atoms with van der Waals surface area (Å²) in [5, 5.41) is 0. The van der Waals surface area contributed by atoms with Crippen LogP contribution in [0.3, 0.4) is 0 Å². The van der Waals surface area contributed by atoms with Crippen LogP contribution in [0.5, 0.6) is 0 Å². The van der Waals surface area contributed by atoms with Gasteiger partial charge in [-0.1, -0.05) is 106 Å². The van der Waals surface area contributed by atoms with Crippen LogP contribution in [0.4, 0.5) is 0 Å². The lowest BCUT2D eigenvalue weighted by Crippen LogP contribution is -2.51. The molecule has 7 nitrogen and oxygen atoms in total. The average Bonchev–Trinajstić information content (AvgIpc) is 3.22. The number of benzene rings is 3. The largest absolute Gasteiger partial charge is 0.494 e. The van der Waals surface area contributed by atoms with E-state index in [1.54, 1.807) is 4.90 Å². The van der Waals surface area contributed by atoms with E-state index >= 15 is 0 Å². The van der Waals surface area contributed by atoms with E-state index in [1.165, 1.54) is 0 Å². The Balaban J connectivity index is 1.40. The molecule has 0 aliphatic carbocycles. The fourth-order valence-corrected chi connectivity index (χ4v) is 5.25. The molecule has 3 aromatic carbocycles. The quantitative estimate of drug-likeness (QED) is 0.181. The van der Waals surface area contributed by atoms with Gasteiger partial charge in [0.05, 0.1) is 17.8 Å². The molecule has 1 N–H and O–H groups in total. The summed E-state index contributed by atoms with van der Waals surface area (Å²) in [6, 6.07) is 25.5. The van der Waals surface area contributed by atoms with Gasteiger partial charge in [0.15, 0.2) is 0 Å². The zero-order valence-electron chi connectivity index (χ0n) is 27.3. The topological polar surface area (TPSA) is 77.1 Å². The van der Waals surface area contributed by atoms with Gasteiger partial charge < -0.3 is 14.2 Å². The van der Waals surface area contributed by atoms with Crippen molar-refractivity contribution in [3.05, 3.63) is 90.0 Å². The molecule has 1 saturated heterocycles. The number of amides is 2. The van der Waals surface area contributed by atoms with Gasteiger partial charge in [0.1, 0.15) is 6.04 Å². The van der Waals surface area contributed by atoms with E-state index in [4.69, 9.17) is 14.1 Å². The van der Waals surface area contributed by atoms with Crippen molar-refractivity contribution in [3.63, 3.8) is 0 Å². The first-order chi connectivity index (χ1) is 20.9. The van der Waals surface area contributed by atoms with E-state index in [-0.39, 0.29) is 24.3 Å². The summed E-state index contributed by atoms with van der Waals surface area (Å²) in [6.45, 7) is 14.6. The van der Waals surface area contributed by atoms with Crippen molar-refractivity contribution in [1.82, 2.24) is 10.4 Å².